The molecule has 2 heterocycles. The molecule has 116 valence electrons. The van der Waals surface area contributed by atoms with Crippen molar-refractivity contribution in [1.82, 2.24) is 25.0 Å². The molecule has 0 aliphatic carbocycles. The molecule has 0 aliphatic heterocycles. The Kier molecular flexibility index (Phi) is 5.14. The molecular formula is C15H26N6. The van der Waals surface area contributed by atoms with Crippen LogP contribution < -0.4 is 11.3 Å². The van der Waals surface area contributed by atoms with Crippen molar-refractivity contribution in [3.63, 3.8) is 0 Å². The fourth-order valence-corrected chi connectivity index (χ4v) is 2.68. The first kappa shape index (κ1) is 15.7. The second-order valence-corrected chi connectivity index (χ2v) is 5.25. The predicted molar refractivity (Wildman–Crippen MR) is 83.7 cm³/mol. The fraction of sp³-hybridized carbons (Fsp3) is 0.600. The summed E-state index contributed by atoms with van der Waals surface area (Å²) < 4.78 is 4.07. The summed E-state index contributed by atoms with van der Waals surface area (Å²) in [6.45, 7) is 10.1. The number of hydrogen-bond donors (Lipinski definition) is 2. The quantitative estimate of drug-likeness (QED) is 0.602. The van der Waals surface area contributed by atoms with Gasteiger partial charge in [-0.1, -0.05) is 6.92 Å². The zero-order valence-electron chi connectivity index (χ0n) is 13.4. The van der Waals surface area contributed by atoms with Crippen LogP contribution in [0.1, 0.15) is 49.6 Å². The van der Waals surface area contributed by atoms with Crippen LogP contribution in [0, 0.1) is 6.92 Å². The molecule has 6 heteroatoms. The van der Waals surface area contributed by atoms with Gasteiger partial charge in [0.1, 0.15) is 0 Å². The zero-order valence-corrected chi connectivity index (χ0v) is 13.4. The topological polar surface area (TPSA) is 73.7 Å². The van der Waals surface area contributed by atoms with Gasteiger partial charge in [0, 0.05) is 25.2 Å². The first-order valence-electron chi connectivity index (χ1n) is 7.68. The van der Waals surface area contributed by atoms with Crippen molar-refractivity contribution in [2.24, 2.45) is 5.84 Å². The highest BCUT2D eigenvalue weighted by Gasteiger charge is 2.19. The molecule has 2 aromatic heterocycles. The van der Waals surface area contributed by atoms with E-state index in [1.807, 2.05) is 11.6 Å². The number of nitrogens with one attached hydrogen (secondary N) is 1. The minimum absolute atomic E-state index is 0.0397. The highest BCUT2D eigenvalue weighted by atomic mass is 15.3. The third kappa shape index (κ3) is 3.33. The fourth-order valence-electron chi connectivity index (χ4n) is 2.68. The Labute approximate surface area is 126 Å². The Hall–Kier alpha value is -1.66. The summed E-state index contributed by atoms with van der Waals surface area (Å²) in [6, 6.07) is 4.31. The number of aromatic nitrogens is 4. The first-order valence-corrected chi connectivity index (χ1v) is 7.68. The van der Waals surface area contributed by atoms with E-state index in [1.54, 1.807) is 0 Å². The van der Waals surface area contributed by atoms with Gasteiger partial charge in [-0.05, 0) is 39.3 Å². The third-order valence-corrected chi connectivity index (χ3v) is 3.78. The molecule has 6 nitrogen and oxygen atoms in total. The summed E-state index contributed by atoms with van der Waals surface area (Å²) in [4.78, 5) is 0. The van der Waals surface area contributed by atoms with E-state index >= 15 is 0 Å². The van der Waals surface area contributed by atoms with Crippen LogP contribution in [0.3, 0.4) is 0 Å². The first-order chi connectivity index (χ1) is 10.1. The molecule has 1 atom stereocenters. The summed E-state index contributed by atoms with van der Waals surface area (Å²) in [7, 11) is 0. The van der Waals surface area contributed by atoms with Crippen molar-refractivity contribution in [2.75, 3.05) is 0 Å². The lowest BCUT2D eigenvalue weighted by Crippen LogP contribution is -2.32. The lowest BCUT2D eigenvalue weighted by atomic mass is 10.1. The highest BCUT2D eigenvalue weighted by Crippen LogP contribution is 2.20. The van der Waals surface area contributed by atoms with E-state index in [0.29, 0.717) is 0 Å². The lowest BCUT2D eigenvalue weighted by molar-refractivity contribution is 0.472. The summed E-state index contributed by atoms with van der Waals surface area (Å²) in [5.41, 5.74) is 7.41. The van der Waals surface area contributed by atoms with Crippen LogP contribution in [0.5, 0.6) is 0 Å². The van der Waals surface area contributed by atoms with Crippen LogP contribution >= 0.6 is 0 Å². The van der Waals surface area contributed by atoms with Gasteiger partial charge < -0.3 is 0 Å². The van der Waals surface area contributed by atoms with Crippen molar-refractivity contribution in [3.05, 3.63) is 34.9 Å². The maximum Gasteiger partial charge on any atom is 0.0684 e. The molecule has 0 fully saturated rings. The molecule has 0 aromatic carbocycles. The van der Waals surface area contributed by atoms with Gasteiger partial charge in [0.25, 0.3) is 0 Å². The zero-order chi connectivity index (χ0) is 15.4. The second-order valence-electron chi connectivity index (χ2n) is 5.25. The Morgan fingerprint density at radius 3 is 2.43 bits per heavy atom. The second kappa shape index (κ2) is 6.87. The van der Waals surface area contributed by atoms with Gasteiger partial charge in [-0.2, -0.15) is 10.2 Å². The van der Waals surface area contributed by atoms with Crippen molar-refractivity contribution in [2.45, 2.75) is 59.7 Å². The maximum atomic E-state index is 5.80. The molecular weight excluding hydrogens is 264 g/mol. The van der Waals surface area contributed by atoms with Gasteiger partial charge >= 0.3 is 0 Å². The Balaban J connectivity index is 2.28. The normalized spacial score (nSPS) is 12.8. The molecule has 1 unspecified atom stereocenters. The van der Waals surface area contributed by atoms with Crippen LogP contribution in [0.4, 0.5) is 0 Å². The number of hydrazine groups is 1. The summed E-state index contributed by atoms with van der Waals surface area (Å²) in [5, 5.41) is 9.10. The van der Waals surface area contributed by atoms with E-state index in [1.165, 1.54) is 5.69 Å². The molecule has 0 amide bonds. The van der Waals surface area contributed by atoms with Gasteiger partial charge in [-0.15, -0.1) is 0 Å². The van der Waals surface area contributed by atoms with E-state index in [9.17, 15) is 0 Å². The molecule has 0 radical (unpaired) electrons. The molecule has 0 aliphatic rings. The van der Waals surface area contributed by atoms with Crippen LogP contribution in [-0.2, 0) is 25.9 Å². The standard InChI is InChI=1S/C15H26N6/c1-5-12-9-13(20(6-2)19-12)10-14(17-16)15-8-11(4)18-21(15)7-3/h8-9,14,17H,5-7,10,16H2,1-4H3. The van der Waals surface area contributed by atoms with Crippen molar-refractivity contribution < 1.29 is 0 Å². The number of hydrogen-bond acceptors (Lipinski definition) is 4. The monoisotopic (exact) mass is 290 g/mol. The van der Waals surface area contributed by atoms with Crippen LogP contribution in [0.25, 0.3) is 0 Å². The van der Waals surface area contributed by atoms with E-state index in [4.69, 9.17) is 5.84 Å². The van der Waals surface area contributed by atoms with E-state index in [0.717, 1.165) is 43.0 Å². The van der Waals surface area contributed by atoms with Crippen LogP contribution in [-0.4, -0.2) is 19.6 Å². The minimum atomic E-state index is 0.0397. The molecule has 0 saturated heterocycles. The molecule has 0 bridgehead atoms. The third-order valence-electron chi connectivity index (χ3n) is 3.78. The molecule has 0 spiro atoms. The van der Waals surface area contributed by atoms with E-state index < -0.39 is 0 Å². The van der Waals surface area contributed by atoms with E-state index in [-0.39, 0.29) is 6.04 Å². The number of nitrogens with two attached hydrogens (primary N) is 1. The molecule has 2 rings (SSSR count). The molecule has 0 saturated carbocycles. The van der Waals surface area contributed by atoms with Gasteiger partial charge in [0.05, 0.1) is 23.1 Å². The van der Waals surface area contributed by atoms with Gasteiger partial charge in [-0.3, -0.25) is 20.6 Å². The molecule has 2 aromatic rings. The van der Waals surface area contributed by atoms with Crippen LogP contribution in [0.2, 0.25) is 0 Å². The van der Waals surface area contributed by atoms with Crippen molar-refractivity contribution in [1.29, 1.82) is 0 Å². The summed E-state index contributed by atoms with van der Waals surface area (Å²) in [6.07, 6.45) is 1.76. The van der Waals surface area contributed by atoms with Crippen molar-refractivity contribution >= 4 is 0 Å². The molecule has 3 N–H and O–H groups in total. The van der Waals surface area contributed by atoms with Gasteiger partial charge in [0.2, 0.25) is 0 Å². The Morgan fingerprint density at radius 1 is 1.14 bits per heavy atom. The lowest BCUT2D eigenvalue weighted by Gasteiger charge is -2.17. The average Bonchev–Trinajstić information content (AvgIpc) is 3.07. The number of rotatable bonds is 7. The smallest absolute Gasteiger partial charge is 0.0684 e. The maximum absolute atomic E-state index is 5.80. The Bertz CT molecular complexity index is 583. The largest absolute Gasteiger partial charge is 0.271 e. The average molecular weight is 290 g/mol. The summed E-state index contributed by atoms with van der Waals surface area (Å²) in [5.74, 6) is 5.80. The van der Waals surface area contributed by atoms with Gasteiger partial charge in [0.15, 0.2) is 0 Å². The number of nitrogens with zero attached hydrogens (tertiary/aromatic N) is 4. The Morgan fingerprint density at radius 2 is 1.86 bits per heavy atom. The summed E-state index contributed by atoms with van der Waals surface area (Å²) >= 11 is 0. The highest BCUT2D eigenvalue weighted by molar-refractivity contribution is 5.18. The van der Waals surface area contributed by atoms with Crippen molar-refractivity contribution in [3.8, 4) is 0 Å². The van der Waals surface area contributed by atoms with Gasteiger partial charge in [-0.25, -0.2) is 0 Å². The SMILES string of the molecule is CCc1cc(CC(NN)c2cc(C)nn2CC)n(CC)n1. The molecule has 21 heavy (non-hydrogen) atoms. The number of aryl methyl sites for hydroxylation is 4. The predicted octanol–water partition coefficient (Wildman–Crippen LogP) is 1.74. The minimum Gasteiger partial charge on any atom is -0.271 e. The van der Waals surface area contributed by atoms with E-state index in [2.05, 4.69) is 53.2 Å². The van der Waals surface area contributed by atoms with Crippen LogP contribution in [0.15, 0.2) is 12.1 Å².